The van der Waals surface area contributed by atoms with Crippen molar-refractivity contribution in [3.63, 3.8) is 0 Å². The van der Waals surface area contributed by atoms with E-state index < -0.39 is 6.10 Å². The van der Waals surface area contributed by atoms with Crippen LogP contribution in [0.3, 0.4) is 0 Å². The van der Waals surface area contributed by atoms with Crippen LogP contribution in [0.2, 0.25) is 0 Å². The summed E-state index contributed by atoms with van der Waals surface area (Å²) in [6.45, 7) is 0.163. The van der Waals surface area contributed by atoms with Gasteiger partial charge in [-0.25, -0.2) is 0 Å². The summed E-state index contributed by atoms with van der Waals surface area (Å²) in [6, 6.07) is 7.03. The molecule has 1 aromatic carbocycles. The van der Waals surface area contributed by atoms with Gasteiger partial charge in [-0.15, -0.1) is 0 Å². The fraction of sp³-hybridized carbons (Fsp3) is 0.467. The lowest BCUT2D eigenvalue weighted by Gasteiger charge is -2.27. The van der Waals surface area contributed by atoms with Crippen molar-refractivity contribution in [1.82, 2.24) is 5.32 Å². The van der Waals surface area contributed by atoms with Gasteiger partial charge in [-0.2, -0.15) is 0 Å². The van der Waals surface area contributed by atoms with Gasteiger partial charge in [0.1, 0.15) is 6.61 Å². The highest BCUT2D eigenvalue weighted by molar-refractivity contribution is 5.84. The molecule has 3 rings (SSSR count). The Labute approximate surface area is 122 Å². The molecule has 1 fully saturated rings. The molecule has 0 spiro atoms. The standard InChI is InChI=1S/C15H18N2O4/c16-14(18)9-4-3-5-10(9)17-15(19)13-8-20-11-6-1-2-7-12(11)21-13/h1-2,6-7,9-10,13H,3-5,8H2,(H2,16,18)(H,17,19)/t9-,10-,13+/m1/s1. The molecule has 1 heterocycles. The monoisotopic (exact) mass is 290 g/mol. The van der Waals surface area contributed by atoms with Gasteiger partial charge in [0.25, 0.3) is 5.91 Å². The number of hydrogen-bond acceptors (Lipinski definition) is 4. The zero-order chi connectivity index (χ0) is 14.8. The highest BCUT2D eigenvalue weighted by Gasteiger charge is 2.35. The Bertz CT molecular complexity index is 560. The van der Waals surface area contributed by atoms with Crippen LogP contribution in [0.4, 0.5) is 0 Å². The van der Waals surface area contributed by atoms with Crippen LogP contribution in [0.5, 0.6) is 11.5 Å². The molecule has 3 atom stereocenters. The van der Waals surface area contributed by atoms with E-state index in [4.69, 9.17) is 15.2 Å². The van der Waals surface area contributed by atoms with E-state index in [9.17, 15) is 9.59 Å². The minimum Gasteiger partial charge on any atom is -0.485 e. The first-order valence-corrected chi connectivity index (χ1v) is 7.13. The van der Waals surface area contributed by atoms with Crippen molar-refractivity contribution in [2.24, 2.45) is 11.7 Å². The van der Waals surface area contributed by atoms with E-state index in [1.807, 2.05) is 12.1 Å². The largest absolute Gasteiger partial charge is 0.485 e. The molecular weight excluding hydrogens is 272 g/mol. The van der Waals surface area contributed by atoms with Gasteiger partial charge in [-0.3, -0.25) is 9.59 Å². The number of para-hydroxylation sites is 2. The van der Waals surface area contributed by atoms with Crippen molar-refractivity contribution in [2.45, 2.75) is 31.4 Å². The molecule has 2 aliphatic rings. The maximum absolute atomic E-state index is 12.3. The average Bonchev–Trinajstić information content (AvgIpc) is 2.95. The summed E-state index contributed by atoms with van der Waals surface area (Å²) >= 11 is 0. The second-order valence-corrected chi connectivity index (χ2v) is 5.42. The Hall–Kier alpha value is -2.24. The number of primary amides is 1. The minimum atomic E-state index is -0.700. The van der Waals surface area contributed by atoms with Crippen LogP contribution in [-0.2, 0) is 9.59 Å². The zero-order valence-corrected chi connectivity index (χ0v) is 11.6. The summed E-state index contributed by atoms with van der Waals surface area (Å²) in [7, 11) is 0. The Morgan fingerprint density at radius 1 is 1.19 bits per heavy atom. The van der Waals surface area contributed by atoms with Crippen LogP contribution < -0.4 is 20.5 Å². The first kappa shape index (κ1) is 13.7. The number of carbonyl (C=O) groups excluding carboxylic acids is 2. The molecule has 0 bridgehead atoms. The molecule has 2 amide bonds. The molecule has 6 heteroatoms. The fourth-order valence-corrected chi connectivity index (χ4v) is 2.90. The smallest absolute Gasteiger partial charge is 0.264 e. The molecular formula is C15H18N2O4. The lowest BCUT2D eigenvalue weighted by Crippen LogP contribution is -2.50. The van der Waals surface area contributed by atoms with Gasteiger partial charge in [0.2, 0.25) is 12.0 Å². The molecule has 0 aromatic heterocycles. The number of carbonyl (C=O) groups is 2. The Kier molecular flexibility index (Phi) is 3.68. The average molecular weight is 290 g/mol. The number of benzene rings is 1. The second kappa shape index (κ2) is 5.63. The highest BCUT2D eigenvalue weighted by Crippen LogP contribution is 2.31. The summed E-state index contributed by atoms with van der Waals surface area (Å²) in [5.74, 6) is 0.288. The molecule has 1 aliphatic heterocycles. The van der Waals surface area contributed by atoms with Crippen molar-refractivity contribution in [3.8, 4) is 11.5 Å². The maximum Gasteiger partial charge on any atom is 0.264 e. The number of nitrogens with two attached hydrogens (primary N) is 1. The summed E-state index contributed by atoms with van der Waals surface area (Å²) < 4.78 is 11.2. The quantitative estimate of drug-likeness (QED) is 0.852. The fourth-order valence-electron chi connectivity index (χ4n) is 2.90. The van der Waals surface area contributed by atoms with Gasteiger partial charge >= 0.3 is 0 Å². The Balaban J connectivity index is 1.63. The summed E-state index contributed by atoms with van der Waals surface area (Å²) in [6.07, 6.45) is 1.69. The van der Waals surface area contributed by atoms with E-state index in [-0.39, 0.29) is 30.4 Å². The van der Waals surface area contributed by atoms with E-state index in [0.29, 0.717) is 11.5 Å². The van der Waals surface area contributed by atoms with E-state index in [0.717, 1.165) is 19.3 Å². The third kappa shape index (κ3) is 2.79. The molecule has 0 saturated heterocycles. The first-order chi connectivity index (χ1) is 10.1. The van der Waals surface area contributed by atoms with Crippen LogP contribution >= 0.6 is 0 Å². The van der Waals surface area contributed by atoms with Gasteiger partial charge in [-0.05, 0) is 25.0 Å². The Morgan fingerprint density at radius 2 is 1.95 bits per heavy atom. The van der Waals surface area contributed by atoms with Crippen molar-refractivity contribution in [3.05, 3.63) is 24.3 Å². The molecule has 1 aliphatic carbocycles. The number of nitrogens with one attached hydrogen (secondary N) is 1. The SMILES string of the molecule is NC(=O)[C@@H]1CCC[C@H]1NC(=O)[C@@H]1COc2ccccc2O1. The number of fused-ring (bicyclic) bond motifs is 1. The normalized spacial score (nSPS) is 27.1. The van der Waals surface area contributed by atoms with Crippen LogP contribution in [0.1, 0.15) is 19.3 Å². The third-order valence-corrected chi connectivity index (χ3v) is 4.01. The van der Waals surface area contributed by atoms with E-state index >= 15 is 0 Å². The topological polar surface area (TPSA) is 90.7 Å². The van der Waals surface area contributed by atoms with E-state index in [1.54, 1.807) is 12.1 Å². The molecule has 6 nitrogen and oxygen atoms in total. The predicted molar refractivity (Wildman–Crippen MR) is 74.8 cm³/mol. The van der Waals surface area contributed by atoms with Gasteiger partial charge in [0, 0.05) is 6.04 Å². The zero-order valence-electron chi connectivity index (χ0n) is 11.6. The van der Waals surface area contributed by atoms with Crippen molar-refractivity contribution >= 4 is 11.8 Å². The van der Waals surface area contributed by atoms with Gasteiger partial charge < -0.3 is 20.5 Å². The molecule has 1 saturated carbocycles. The van der Waals surface area contributed by atoms with Crippen LogP contribution in [-0.4, -0.2) is 30.6 Å². The summed E-state index contributed by atoms with van der Waals surface area (Å²) in [5.41, 5.74) is 5.36. The lowest BCUT2D eigenvalue weighted by molar-refractivity contribution is -0.131. The predicted octanol–water partition coefficient (Wildman–Crippen LogP) is 0.597. The molecule has 0 radical (unpaired) electrons. The number of rotatable bonds is 3. The first-order valence-electron chi connectivity index (χ1n) is 7.13. The van der Waals surface area contributed by atoms with E-state index in [1.165, 1.54) is 0 Å². The van der Waals surface area contributed by atoms with Gasteiger partial charge in [-0.1, -0.05) is 18.6 Å². The molecule has 21 heavy (non-hydrogen) atoms. The van der Waals surface area contributed by atoms with Crippen molar-refractivity contribution in [1.29, 1.82) is 0 Å². The van der Waals surface area contributed by atoms with Crippen molar-refractivity contribution in [2.75, 3.05) is 6.61 Å². The van der Waals surface area contributed by atoms with Crippen LogP contribution in [0.15, 0.2) is 24.3 Å². The second-order valence-electron chi connectivity index (χ2n) is 5.42. The van der Waals surface area contributed by atoms with E-state index in [2.05, 4.69) is 5.32 Å². The van der Waals surface area contributed by atoms with Gasteiger partial charge in [0.15, 0.2) is 11.5 Å². The summed E-state index contributed by atoms with van der Waals surface area (Å²) in [4.78, 5) is 23.6. The summed E-state index contributed by atoms with van der Waals surface area (Å²) in [5, 5.41) is 2.87. The molecule has 112 valence electrons. The van der Waals surface area contributed by atoms with Gasteiger partial charge in [0.05, 0.1) is 5.92 Å². The molecule has 3 N–H and O–H groups in total. The third-order valence-electron chi connectivity index (χ3n) is 4.01. The minimum absolute atomic E-state index is 0.163. The Morgan fingerprint density at radius 3 is 2.71 bits per heavy atom. The van der Waals surface area contributed by atoms with Crippen molar-refractivity contribution < 1.29 is 19.1 Å². The lowest BCUT2D eigenvalue weighted by atomic mass is 10.0. The maximum atomic E-state index is 12.3. The molecule has 1 aromatic rings. The highest BCUT2D eigenvalue weighted by atomic mass is 16.6. The number of hydrogen-bond donors (Lipinski definition) is 2. The molecule has 0 unspecified atom stereocenters. The number of ether oxygens (including phenoxy) is 2. The number of amides is 2. The van der Waals surface area contributed by atoms with Crippen LogP contribution in [0.25, 0.3) is 0 Å². The van der Waals surface area contributed by atoms with Crippen LogP contribution in [0, 0.1) is 5.92 Å².